The highest BCUT2D eigenvalue weighted by molar-refractivity contribution is 6.37. The van der Waals surface area contributed by atoms with Gasteiger partial charge in [0.15, 0.2) is 0 Å². The summed E-state index contributed by atoms with van der Waals surface area (Å²) in [4.78, 5) is 43.3. The first kappa shape index (κ1) is 45.1. The molecule has 224 valence electrons. The Morgan fingerprint density at radius 2 is 1.24 bits per heavy atom. The Morgan fingerprint density at radius 3 is 1.49 bits per heavy atom. The van der Waals surface area contributed by atoms with Crippen molar-refractivity contribution in [2.24, 2.45) is 23.0 Å². The number of unbranched alkanes of at least 4 members (excludes halogenated alkanes) is 3. The van der Waals surface area contributed by atoms with E-state index in [0.29, 0.717) is 12.5 Å². The summed E-state index contributed by atoms with van der Waals surface area (Å²) in [7, 11) is 2.80. The number of aliphatic hydroxyl groups excluding tert-OH is 1. The first-order valence-corrected chi connectivity index (χ1v) is 14.1. The molecule has 0 aromatic carbocycles. The van der Waals surface area contributed by atoms with Crippen LogP contribution < -0.4 is 16.4 Å². The van der Waals surface area contributed by atoms with Gasteiger partial charge >= 0.3 is 0 Å². The highest BCUT2D eigenvalue weighted by Gasteiger charge is 2.31. The zero-order chi connectivity index (χ0) is 30.3. The van der Waals surface area contributed by atoms with Crippen LogP contribution in [0, 0.1) is 17.3 Å². The van der Waals surface area contributed by atoms with Crippen molar-refractivity contribution in [2.75, 3.05) is 20.7 Å². The lowest BCUT2D eigenvalue weighted by molar-refractivity contribution is -0.141. The lowest BCUT2D eigenvalue weighted by Gasteiger charge is -2.26. The average Bonchev–Trinajstić information content (AvgIpc) is 2.88. The molecule has 8 nitrogen and oxygen atoms in total. The number of Topliss-reactive ketones (excluding diaryl/α,β-unsaturated/α-hetero) is 1. The van der Waals surface area contributed by atoms with E-state index in [9.17, 15) is 14.4 Å². The summed E-state index contributed by atoms with van der Waals surface area (Å²) in [5.41, 5.74) is 4.20. The van der Waals surface area contributed by atoms with E-state index in [1.165, 1.54) is 0 Å². The number of nitrogens with two attached hydrogens (primary N) is 1. The van der Waals surface area contributed by atoms with Crippen LogP contribution in [0.5, 0.6) is 0 Å². The second-order valence-corrected chi connectivity index (χ2v) is 9.42. The second-order valence-electron chi connectivity index (χ2n) is 9.42. The minimum Gasteiger partial charge on any atom is -0.400 e. The summed E-state index contributed by atoms with van der Waals surface area (Å²) in [5, 5.41) is 12.6. The summed E-state index contributed by atoms with van der Waals surface area (Å²) >= 11 is 0. The third kappa shape index (κ3) is 28.6. The normalized spacial score (nSPS) is 11.4. The number of ketones is 1. The molecule has 0 fully saturated rings. The molecule has 0 aromatic rings. The minimum atomic E-state index is -0.378. The topological polar surface area (TPSA) is 139 Å². The molecule has 2 unspecified atom stereocenters. The molecule has 2 atom stereocenters. The summed E-state index contributed by atoms with van der Waals surface area (Å²) in [6, 6.07) is -0.0301. The fourth-order valence-electron chi connectivity index (χ4n) is 3.61. The smallest absolute Gasteiger partial charge is 0.287 e. The molecule has 0 rings (SSSR count). The maximum atomic E-state index is 12.5. The van der Waals surface area contributed by atoms with E-state index >= 15 is 0 Å². The molecule has 0 heterocycles. The number of primary amides is 1. The van der Waals surface area contributed by atoms with E-state index in [4.69, 9.17) is 9.90 Å². The Morgan fingerprint density at radius 1 is 0.865 bits per heavy atom. The number of rotatable bonds is 15. The highest BCUT2D eigenvalue weighted by Crippen LogP contribution is 2.29. The largest absolute Gasteiger partial charge is 0.400 e. The number of aldehydes is 1. The fraction of sp³-hybridized carbons (Fsp3) is 0.862. The zero-order valence-electron chi connectivity index (χ0n) is 26.1. The van der Waals surface area contributed by atoms with Crippen molar-refractivity contribution in [3.8, 4) is 0 Å². The van der Waals surface area contributed by atoms with E-state index in [1.54, 1.807) is 7.05 Å². The van der Waals surface area contributed by atoms with E-state index in [1.807, 2.05) is 41.5 Å². The van der Waals surface area contributed by atoms with Crippen molar-refractivity contribution < 1.29 is 24.3 Å². The lowest BCUT2D eigenvalue weighted by atomic mass is 9.78. The lowest BCUT2D eigenvalue weighted by Crippen LogP contribution is -2.39. The van der Waals surface area contributed by atoms with Crippen LogP contribution in [0.15, 0.2) is 0 Å². The molecule has 0 saturated carbocycles. The molecule has 0 spiro atoms. The number of likely N-dealkylation sites (N-methyl/N-ethyl adjacent to an activating group) is 2. The Labute approximate surface area is 229 Å². The molecule has 0 aliphatic carbocycles. The van der Waals surface area contributed by atoms with Gasteiger partial charge in [-0.2, -0.15) is 0 Å². The number of carbonyl (C=O) groups is 4. The summed E-state index contributed by atoms with van der Waals surface area (Å²) < 4.78 is 0. The maximum absolute atomic E-state index is 12.5. The van der Waals surface area contributed by atoms with E-state index < -0.39 is 0 Å². The zero-order valence-corrected chi connectivity index (χ0v) is 26.1. The van der Waals surface area contributed by atoms with Gasteiger partial charge in [-0.3, -0.25) is 14.4 Å². The highest BCUT2D eigenvalue weighted by atomic mass is 16.2. The van der Waals surface area contributed by atoms with Crippen LogP contribution in [0.4, 0.5) is 0 Å². The van der Waals surface area contributed by atoms with Crippen LogP contribution in [-0.4, -0.2) is 56.2 Å². The molecule has 5 N–H and O–H groups in total. The van der Waals surface area contributed by atoms with Gasteiger partial charge in [0.25, 0.3) is 5.91 Å². The van der Waals surface area contributed by atoms with Gasteiger partial charge in [0.1, 0.15) is 6.29 Å². The number of nitrogens with one attached hydrogen (secondary N) is 2. The summed E-state index contributed by atoms with van der Waals surface area (Å²) in [5.74, 6) is -0.250. The van der Waals surface area contributed by atoms with Gasteiger partial charge in [-0.1, -0.05) is 93.9 Å². The van der Waals surface area contributed by atoms with Gasteiger partial charge < -0.3 is 26.3 Å². The molecule has 0 aromatic heterocycles. The summed E-state index contributed by atoms with van der Waals surface area (Å²) in [6.45, 7) is 19.0. The Bertz CT molecular complexity index is 500. The quantitative estimate of drug-likeness (QED) is 0.172. The average molecular weight is 534 g/mol. The Balaban J connectivity index is -0.000000176. The van der Waals surface area contributed by atoms with E-state index in [0.717, 1.165) is 71.2 Å². The van der Waals surface area contributed by atoms with Gasteiger partial charge in [-0.05, 0) is 44.6 Å². The second kappa shape index (κ2) is 34.2. The predicted octanol–water partition coefficient (Wildman–Crippen LogP) is 5.05. The summed E-state index contributed by atoms with van der Waals surface area (Å²) in [6.07, 6.45) is 10.9. The van der Waals surface area contributed by atoms with E-state index in [-0.39, 0.29) is 35.5 Å². The van der Waals surface area contributed by atoms with Crippen LogP contribution in [0.3, 0.4) is 0 Å². The van der Waals surface area contributed by atoms with Gasteiger partial charge in [0.2, 0.25) is 12.2 Å². The van der Waals surface area contributed by atoms with Gasteiger partial charge in [0, 0.05) is 19.6 Å². The van der Waals surface area contributed by atoms with Crippen LogP contribution in [0.25, 0.3) is 0 Å². The van der Waals surface area contributed by atoms with Gasteiger partial charge in [-0.25, -0.2) is 0 Å². The first-order chi connectivity index (χ1) is 17.5. The van der Waals surface area contributed by atoms with Crippen LogP contribution in [0.1, 0.15) is 120 Å². The third-order valence-electron chi connectivity index (χ3n) is 5.57. The van der Waals surface area contributed by atoms with Crippen LogP contribution in [-0.2, 0) is 19.2 Å². The molecular formula is C29H63N3O5. The van der Waals surface area contributed by atoms with Crippen molar-refractivity contribution in [3.05, 3.63) is 0 Å². The monoisotopic (exact) mass is 533 g/mol. The van der Waals surface area contributed by atoms with Crippen molar-refractivity contribution in [2.45, 2.75) is 126 Å². The van der Waals surface area contributed by atoms with Gasteiger partial charge in [0.05, 0.1) is 6.04 Å². The van der Waals surface area contributed by atoms with Crippen molar-refractivity contribution >= 4 is 24.4 Å². The molecule has 37 heavy (non-hydrogen) atoms. The van der Waals surface area contributed by atoms with E-state index in [2.05, 4.69) is 37.1 Å². The molecule has 0 aliphatic heterocycles. The molecule has 0 aliphatic rings. The number of hydrogen-bond donors (Lipinski definition) is 4. The molecular weight excluding hydrogens is 470 g/mol. The number of hydrogen-bond acceptors (Lipinski definition) is 6. The Kier molecular flexibility index (Phi) is 41.7. The fourth-order valence-corrected chi connectivity index (χ4v) is 3.61. The molecule has 8 heteroatoms. The first-order valence-electron chi connectivity index (χ1n) is 14.1. The SMILES string of the molecule is CC.CCCCC(CCCC)C(CCCC)C(=O)C(=O)NCC.CNC(C=O)C(C)(C)C.CO.NC=O. The Hall–Kier alpha value is -1.80. The number of amides is 2. The number of carbonyl (C=O) groups excluding carboxylic acids is 4. The predicted molar refractivity (Wildman–Crippen MR) is 157 cm³/mol. The van der Waals surface area contributed by atoms with Gasteiger partial charge in [-0.15, -0.1) is 0 Å². The van der Waals surface area contributed by atoms with Crippen LogP contribution >= 0.6 is 0 Å². The molecule has 0 saturated heterocycles. The maximum Gasteiger partial charge on any atom is 0.287 e. The third-order valence-corrected chi connectivity index (χ3v) is 5.57. The van der Waals surface area contributed by atoms with Crippen molar-refractivity contribution in [1.29, 1.82) is 0 Å². The number of aliphatic hydroxyl groups is 1. The minimum absolute atomic E-state index is 0.0301. The molecule has 0 radical (unpaired) electrons. The van der Waals surface area contributed by atoms with Crippen molar-refractivity contribution in [1.82, 2.24) is 10.6 Å². The van der Waals surface area contributed by atoms with Crippen molar-refractivity contribution in [3.63, 3.8) is 0 Å². The standard InChI is InChI=1S/C18H35NO2.C7H15NO.C2H6.CH3NO.CH4O/c1-5-9-12-15(13-10-6-2)16(14-11-7-3)17(20)18(21)19-8-4;1-7(2,3)6(5-9)8-4;1-2;2-1-3;1-2/h15-16H,5-14H2,1-4H3,(H,19,21);5-6,8H,1-4H3;1-2H3;1H,(H2,2,3);2H,1H3. The molecule has 2 amide bonds. The van der Waals surface area contributed by atoms with Crippen LogP contribution in [0.2, 0.25) is 0 Å². The molecule has 0 bridgehead atoms.